The van der Waals surface area contributed by atoms with Crippen molar-refractivity contribution in [2.45, 2.75) is 37.8 Å². The predicted molar refractivity (Wildman–Crippen MR) is 37.4 cm³/mol. The van der Waals surface area contributed by atoms with Crippen molar-refractivity contribution in [2.24, 2.45) is 5.11 Å². The van der Waals surface area contributed by atoms with E-state index in [1.165, 1.54) is 0 Å². The highest BCUT2D eigenvalue weighted by atomic mass is 16.3. The van der Waals surface area contributed by atoms with Crippen molar-refractivity contribution in [2.75, 3.05) is 0 Å². The number of azide groups is 1. The first-order valence-electron chi connectivity index (χ1n) is 3.55. The Morgan fingerprint density at radius 1 is 1.50 bits per heavy atom. The number of aliphatic hydroxyl groups is 1. The summed E-state index contributed by atoms with van der Waals surface area (Å²) in [5.41, 5.74) is 8.08. The van der Waals surface area contributed by atoms with Crippen molar-refractivity contribution in [1.82, 2.24) is 0 Å². The monoisotopic (exact) mass is 141 g/mol. The van der Waals surface area contributed by atoms with Gasteiger partial charge in [-0.05, 0) is 24.8 Å². The van der Waals surface area contributed by atoms with E-state index in [0.29, 0.717) is 6.42 Å². The Kier molecular flexibility index (Phi) is 2.54. The van der Waals surface area contributed by atoms with Gasteiger partial charge in [-0.15, -0.1) is 0 Å². The molecule has 4 heteroatoms. The first-order chi connectivity index (χ1) is 4.83. The maximum atomic E-state index is 9.12. The number of aliphatic hydroxyl groups excluding tert-OH is 1. The molecule has 1 saturated carbocycles. The highest BCUT2D eigenvalue weighted by molar-refractivity contribution is 4.77. The van der Waals surface area contributed by atoms with E-state index in [9.17, 15) is 0 Å². The fourth-order valence-corrected chi connectivity index (χ4v) is 1.32. The van der Waals surface area contributed by atoms with E-state index in [-0.39, 0.29) is 12.1 Å². The molecule has 0 radical (unpaired) electrons. The second-order valence-electron chi connectivity index (χ2n) is 2.68. The molecule has 0 aliphatic heterocycles. The fraction of sp³-hybridized carbons (Fsp3) is 1.00. The third-order valence-electron chi connectivity index (χ3n) is 1.83. The zero-order valence-electron chi connectivity index (χ0n) is 5.77. The summed E-state index contributed by atoms with van der Waals surface area (Å²) in [6.45, 7) is 0. The summed E-state index contributed by atoms with van der Waals surface area (Å²) >= 11 is 0. The van der Waals surface area contributed by atoms with Crippen LogP contribution in [0.1, 0.15) is 25.7 Å². The maximum absolute atomic E-state index is 9.12. The van der Waals surface area contributed by atoms with Crippen LogP contribution in [0.3, 0.4) is 0 Å². The second-order valence-corrected chi connectivity index (χ2v) is 2.68. The molecule has 0 bridgehead atoms. The number of rotatable bonds is 1. The summed E-state index contributed by atoms with van der Waals surface area (Å²) in [6, 6.07) is 0.0359. The van der Waals surface area contributed by atoms with Gasteiger partial charge < -0.3 is 5.11 Å². The lowest BCUT2D eigenvalue weighted by Crippen LogP contribution is -2.21. The van der Waals surface area contributed by atoms with Gasteiger partial charge in [0.1, 0.15) is 0 Å². The fourth-order valence-electron chi connectivity index (χ4n) is 1.32. The SMILES string of the molecule is [N-]=[N+]=N[C@@H]1CCC[C@@H](O)C1. The highest BCUT2D eigenvalue weighted by Gasteiger charge is 2.18. The molecule has 0 aromatic rings. The summed E-state index contributed by atoms with van der Waals surface area (Å²) in [7, 11) is 0. The molecule has 0 aromatic carbocycles. The van der Waals surface area contributed by atoms with Gasteiger partial charge in [-0.3, -0.25) is 0 Å². The Balaban J connectivity index is 2.39. The lowest BCUT2D eigenvalue weighted by Gasteiger charge is -2.21. The minimum Gasteiger partial charge on any atom is -0.393 e. The first kappa shape index (κ1) is 7.38. The molecule has 10 heavy (non-hydrogen) atoms. The topological polar surface area (TPSA) is 69.0 Å². The van der Waals surface area contributed by atoms with Crippen LogP contribution in [-0.2, 0) is 0 Å². The predicted octanol–water partition coefficient (Wildman–Crippen LogP) is 1.60. The van der Waals surface area contributed by atoms with Gasteiger partial charge in [0, 0.05) is 11.0 Å². The maximum Gasteiger partial charge on any atom is 0.0544 e. The van der Waals surface area contributed by atoms with Crippen LogP contribution in [0, 0.1) is 0 Å². The van der Waals surface area contributed by atoms with Crippen molar-refractivity contribution in [3.05, 3.63) is 10.4 Å². The molecule has 0 amide bonds. The van der Waals surface area contributed by atoms with Crippen LogP contribution in [0.25, 0.3) is 10.4 Å². The summed E-state index contributed by atoms with van der Waals surface area (Å²) in [5, 5.41) is 12.7. The number of hydrogen-bond acceptors (Lipinski definition) is 2. The quantitative estimate of drug-likeness (QED) is 0.336. The Hall–Kier alpha value is -0.730. The molecule has 56 valence electrons. The van der Waals surface area contributed by atoms with Gasteiger partial charge in [-0.2, -0.15) is 0 Å². The molecule has 1 N–H and O–H groups in total. The molecule has 2 atom stereocenters. The van der Waals surface area contributed by atoms with Crippen LogP contribution in [0.15, 0.2) is 5.11 Å². The molecule has 1 rings (SSSR count). The van der Waals surface area contributed by atoms with Gasteiger partial charge in [-0.1, -0.05) is 11.5 Å². The van der Waals surface area contributed by atoms with Crippen molar-refractivity contribution in [1.29, 1.82) is 0 Å². The van der Waals surface area contributed by atoms with Crippen molar-refractivity contribution < 1.29 is 5.11 Å². The minimum absolute atomic E-state index is 0.0359. The van der Waals surface area contributed by atoms with Gasteiger partial charge >= 0.3 is 0 Å². The van der Waals surface area contributed by atoms with Gasteiger partial charge in [0.2, 0.25) is 0 Å². The highest BCUT2D eigenvalue weighted by Crippen LogP contribution is 2.20. The third-order valence-corrected chi connectivity index (χ3v) is 1.83. The van der Waals surface area contributed by atoms with E-state index in [0.717, 1.165) is 19.3 Å². The van der Waals surface area contributed by atoms with Crippen LogP contribution in [0.5, 0.6) is 0 Å². The Morgan fingerprint density at radius 2 is 2.30 bits per heavy atom. The van der Waals surface area contributed by atoms with E-state index >= 15 is 0 Å². The summed E-state index contributed by atoms with van der Waals surface area (Å²) in [6.07, 6.45) is 3.16. The van der Waals surface area contributed by atoms with E-state index in [2.05, 4.69) is 10.0 Å². The van der Waals surface area contributed by atoms with Crippen LogP contribution in [-0.4, -0.2) is 17.3 Å². The molecule has 0 saturated heterocycles. The van der Waals surface area contributed by atoms with Gasteiger partial charge in [0.05, 0.1) is 6.10 Å². The molecule has 0 unspecified atom stereocenters. The van der Waals surface area contributed by atoms with Crippen LogP contribution in [0.2, 0.25) is 0 Å². The van der Waals surface area contributed by atoms with Crippen LogP contribution >= 0.6 is 0 Å². The molecule has 4 nitrogen and oxygen atoms in total. The van der Waals surface area contributed by atoms with E-state index in [1.807, 2.05) is 0 Å². The Morgan fingerprint density at radius 3 is 2.90 bits per heavy atom. The molecule has 0 spiro atoms. The molecule has 1 aliphatic carbocycles. The van der Waals surface area contributed by atoms with E-state index < -0.39 is 0 Å². The van der Waals surface area contributed by atoms with Crippen molar-refractivity contribution in [3.8, 4) is 0 Å². The minimum atomic E-state index is -0.246. The first-order valence-corrected chi connectivity index (χ1v) is 3.55. The Bertz CT molecular complexity index is 153. The molecular formula is C6H11N3O. The van der Waals surface area contributed by atoms with E-state index in [4.69, 9.17) is 10.6 Å². The normalized spacial score (nSPS) is 32.9. The van der Waals surface area contributed by atoms with Crippen LogP contribution in [0.4, 0.5) is 0 Å². The average Bonchev–Trinajstić information content (AvgIpc) is 1.88. The van der Waals surface area contributed by atoms with Crippen LogP contribution < -0.4 is 0 Å². The lowest BCUT2D eigenvalue weighted by molar-refractivity contribution is 0.121. The molecule has 0 aromatic heterocycles. The molecule has 1 fully saturated rings. The molecule has 1 aliphatic rings. The average molecular weight is 141 g/mol. The van der Waals surface area contributed by atoms with Gasteiger partial charge in [0.25, 0.3) is 0 Å². The largest absolute Gasteiger partial charge is 0.393 e. The second kappa shape index (κ2) is 3.44. The van der Waals surface area contributed by atoms with Gasteiger partial charge in [0.15, 0.2) is 0 Å². The van der Waals surface area contributed by atoms with Crippen molar-refractivity contribution >= 4 is 0 Å². The molecule has 0 heterocycles. The Labute approximate surface area is 59.5 Å². The van der Waals surface area contributed by atoms with E-state index in [1.54, 1.807) is 0 Å². The summed E-state index contributed by atoms with van der Waals surface area (Å²) in [4.78, 5) is 2.71. The molecular weight excluding hydrogens is 130 g/mol. The summed E-state index contributed by atoms with van der Waals surface area (Å²) in [5.74, 6) is 0. The standard InChI is InChI=1S/C6H11N3O/c7-9-8-5-2-1-3-6(10)4-5/h5-6,10H,1-4H2/t5-,6-/m1/s1. The lowest BCUT2D eigenvalue weighted by atomic mass is 9.94. The van der Waals surface area contributed by atoms with Gasteiger partial charge in [-0.25, -0.2) is 0 Å². The number of nitrogens with zero attached hydrogens (tertiary/aromatic N) is 3. The smallest absolute Gasteiger partial charge is 0.0544 e. The number of hydrogen-bond donors (Lipinski definition) is 1. The summed E-state index contributed by atoms with van der Waals surface area (Å²) < 4.78 is 0. The third kappa shape index (κ3) is 1.90. The van der Waals surface area contributed by atoms with Crippen molar-refractivity contribution in [3.63, 3.8) is 0 Å². The zero-order chi connectivity index (χ0) is 7.40. The zero-order valence-corrected chi connectivity index (χ0v) is 5.77.